The zero-order valence-corrected chi connectivity index (χ0v) is 12.1. The summed E-state index contributed by atoms with van der Waals surface area (Å²) in [5.41, 5.74) is -0.524. The van der Waals surface area contributed by atoms with Gasteiger partial charge in [0.1, 0.15) is 5.60 Å². The van der Waals surface area contributed by atoms with Crippen molar-refractivity contribution in [2.75, 3.05) is 12.4 Å². The molecular weight excluding hydrogens is 254 g/mol. The molecule has 0 spiro atoms. The second kappa shape index (κ2) is 6.41. The third kappa shape index (κ3) is 4.48. The fourth-order valence-electron chi connectivity index (χ4n) is 2.05. The van der Waals surface area contributed by atoms with Gasteiger partial charge in [-0.15, -0.1) is 11.6 Å². The average molecular weight is 276 g/mol. The first-order chi connectivity index (χ1) is 8.35. The Labute approximate surface area is 114 Å². The Balaban J connectivity index is 2.59. The normalized spacial score (nSPS) is 20.0. The van der Waals surface area contributed by atoms with E-state index in [1.807, 2.05) is 20.8 Å². The molecule has 4 nitrogen and oxygen atoms in total. The maximum atomic E-state index is 12.0. The highest BCUT2D eigenvalue weighted by atomic mass is 35.5. The van der Waals surface area contributed by atoms with Crippen molar-refractivity contribution in [3.05, 3.63) is 0 Å². The largest absolute Gasteiger partial charge is 0.444 e. The second-order valence-corrected chi connectivity index (χ2v) is 5.97. The van der Waals surface area contributed by atoms with E-state index in [0.29, 0.717) is 25.3 Å². The van der Waals surface area contributed by atoms with Crippen molar-refractivity contribution in [2.24, 2.45) is 0 Å². The molecule has 0 radical (unpaired) electrons. The summed E-state index contributed by atoms with van der Waals surface area (Å²) in [4.78, 5) is 25.5. The Morgan fingerprint density at radius 1 is 1.39 bits per heavy atom. The predicted octanol–water partition coefficient (Wildman–Crippen LogP) is 2.97. The van der Waals surface area contributed by atoms with E-state index in [1.54, 1.807) is 4.90 Å². The standard InChI is InChI=1S/C13H22ClNO3/c1-13(2,3)18-12(17)15-9-5-6-10(15)11(16)7-4-8-14/h10H,4-9H2,1-3H3. The molecule has 1 fully saturated rings. The summed E-state index contributed by atoms with van der Waals surface area (Å²) in [6.07, 6.45) is 2.31. The molecule has 1 amide bonds. The molecule has 5 heteroatoms. The number of hydrogen-bond acceptors (Lipinski definition) is 3. The molecule has 0 aromatic heterocycles. The molecule has 1 saturated heterocycles. The first-order valence-corrected chi connectivity index (χ1v) is 6.97. The van der Waals surface area contributed by atoms with E-state index in [0.717, 1.165) is 12.8 Å². The van der Waals surface area contributed by atoms with Crippen LogP contribution in [0.1, 0.15) is 46.5 Å². The number of ether oxygens (including phenoxy) is 1. The van der Waals surface area contributed by atoms with Gasteiger partial charge in [-0.2, -0.15) is 0 Å². The van der Waals surface area contributed by atoms with Crippen molar-refractivity contribution in [3.63, 3.8) is 0 Å². The first kappa shape index (κ1) is 15.3. The first-order valence-electron chi connectivity index (χ1n) is 6.43. The molecule has 0 aromatic rings. The smallest absolute Gasteiger partial charge is 0.410 e. The average Bonchev–Trinajstić information content (AvgIpc) is 2.72. The molecule has 0 N–H and O–H groups in total. The SMILES string of the molecule is CC(C)(C)OC(=O)N1CCCC1C(=O)CCCCl. The van der Waals surface area contributed by atoms with Crippen molar-refractivity contribution in [3.8, 4) is 0 Å². The zero-order chi connectivity index (χ0) is 13.8. The fraction of sp³-hybridized carbons (Fsp3) is 0.846. The van der Waals surface area contributed by atoms with Crippen LogP contribution in [0.2, 0.25) is 0 Å². The van der Waals surface area contributed by atoms with Crippen molar-refractivity contribution in [1.82, 2.24) is 4.90 Å². The zero-order valence-electron chi connectivity index (χ0n) is 11.4. The van der Waals surface area contributed by atoms with Gasteiger partial charge < -0.3 is 4.74 Å². The van der Waals surface area contributed by atoms with Gasteiger partial charge in [0.05, 0.1) is 6.04 Å². The molecule has 1 aliphatic rings. The Kier molecular flexibility index (Phi) is 5.45. The summed E-state index contributed by atoms with van der Waals surface area (Å²) in [5.74, 6) is 0.573. The molecule has 1 aliphatic heterocycles. The number of likely N-dealkylation sites (tertiary alicyclic amines) is 1. The minimum absolute atomic E-state index is 0.0963. The Morgan fingerprint density at radius 2 is 2.06 bits per heavy atom. The summed E-state index contributed by atoms with van der Waals surface area (Å²) in [6, 6.07) is -0.317. The second-order valence-electron chi connectivity index (χ2n) is 5.59. The van der Waals surface area contributed by atoms with Crippen molar-refractivity contribution >= 4 is 23.5 Å². The maximum Gasteiger partial charge on any atom is 0.410 e. The Bertz CT molecular complexity index is 312. The third-order valence-corrected chi connectivity index (χ3v) is 3.08. The van der Waals surface area contributed by atoms with Gasteiger partial charge in [0.15, 0.2) is 5.78 Å². The van der Waals surface area contributed by atoms with Crippen LogP contribution in [0, 0.1) is 0 Å². The number of alkyl halides is 1. The minimum atomic E-state index is -0.524. The van der Waals surface area contributed by atoms with Gasteiger partial charge >= 0.3 is 6.09 Å². The maximum absolute atomic E-state index is 12.0. The van der Waals surface area contributed by atoms with E-state index in [2.05, 4.69) is 0 Å². The number of carbonyl (C=O) groups excluding carboxylic acids is 2. The molecule has 0 bridgehead atoms. The van der Waals surface area contributed by atoms with Crippen LogP contribution in [0.5, 0.6) is 0 Å². The highest BCUT2D eigenvalue weighted by molar-refractivity contribution is 6.17. The molecular formula is C13H22ClNO3. The summed E-state index contributed by atoms with van der Waals surface area (Å²) < 4.78 is 5.32. The topological polar surface area (TPSA) is 46.6 Å². The van der Waals surface area contributed by atoms with Crippen LogP contribution in [0.25, 0.3) is 0 Å². The van der Waals surface area contributed by atoms with Gasteiger partial charge in [0, 0.05) is 18.8 Å². The van der Waals surface area contributed by atoms with E-state index >= 15 is 0 Å². The van der Waals surface area contributed by atoms with Crippen LogP contribution in [0.15, 0.2) is 0 Å². The van der Waals surface area contributed by atoms with Gasteiger partial charge in [0.2, 0.25) is 0 Å². The minimum Gasteiger partial charge on any atom is -0.444 e. The van der Waals surface area contributed by atoms with Gasteiger partial charge in [-0.3, -0.25) is 9.69 Å². The Hall–Kier alpha value is -0.770. The molecule has 0 aliphatic carbocycles. The van der Waals surface area contributed by atoms with Crippen LogP contribution in [-0.2, 0) is 9.53 Å². The monoisotopic (exact) mass is 275 g/mol. The lowest BCUT2D eigenvalue weighted by atomic mass is 10.1. The summed E-state index contributed by atoms with van der Waals surface area (Å²) in [7, 11) is 0. The molecule has 1 unspecified atom stereocenters. The molecule has 1 heterocycles. The number of nitrogens with zero attached hydrogens (tertiary/aromatic N) is 1. The predicted molar refractivity (Wildman–Crippen MR) is 70.9 cm³/mol. The van der Waals surface area contributed by atoms with Crippen molar-refractivity contribution < 1.29 is 14.3 Å². The van der Waals surface area contributed by atoms with Gasteiger partial charge in [-0.25, -0.2) is 4.79 Å². The lowest BCUT2D eigenvalue weighted by Crippen LogP contribution is -2.43. The number of Topliss-reactive ketones (excluding diaryl/α,β-unsaturated/α-hetero) is 1. The number of rotatable bonds is 4. The van der Waals surface area contributed by atoms with Gasteiger partial charge in [-0.05, 0) is 40.0 Å². The molecule has 18 heavy (non-hydrogen) atoms. The highest BCUT2D eigenvalue weighted by Crippen LogP contribution is 2.22. The number of halogens is 1. The van der Waals surface area contributed by atoms with Crippen LogP contribution < -0.4 is 0 Å². The van der Waals surface area contributed by atoms with Crippen LogP contribution in [0.4, 0.5) is 4.79 Å². The van der Waals surface area contributed by atoms with Crippen LogP contribution in [0.3, 0.4) is 0 Å². The van der Waals surface area contributed by atoms with Gasteiger partial charge in [-0.1, -0.05) is 0 Å². The molecule has 0 saturated carbocycles. The fourth-order valence-corrected chi connectivity index (χ4v) is 2.18. The number of ketones is 1. The van der Waals surface area contributed by atoms with Crippen molar-refractivity contribution in [2.45, 2.75) is 58.1 Å². The van der Waals surface area contributed by atoms with E-state index in [-0.39, 0.29) is 17.9 Å². The van der Waals surface area contributed by atoms with E-state index in [4.69, 9.17) is 16.3 Å². The van der Waals surface area contributed by atoms with E-state index < -0.39 is 5.60 Å². The molecule has 104 valence electrons. The Morgan fingerprint density at radius 3 is 2.61 bits per heavy atom. The number of hydrogen-bond donors (Lipinski definition) is 0. The third-order valence-electron chi connectivity index (χ3n) is 2.81. The van der Waals surface area contributed by atoms with Gasteiger partial charge in [0.25, 0.3) is 0 Å². The summed E-state index contributed by atoms with van der Waals surface area (Å²) in [6.45, 7) is 6.08. The van der Waals surface area contributed by atoms with Crippen molar-refractivity contribution in [1.29, 1.82) is 0 Å². The summed E-state index contributed by atoms with van der Waals surface area (Å²) >= 11 is 5.58. The van der Waals surface area contributed by atoms with E-state index in [1.165, 1.54) is 0 Å². The van der Waals surface area contributed by atoms with E-state index in [9.17, 15) is 9.59 Å². The highest BCUT2D eigenvalue weighted by Gasteiger charge is 2.35. The molecule has 0 aromatic carbocycles. The molecule has 1 atom stereocenters. The van der Waals surface area contributed by atoms with Crippen LogP contribution >= 0.6 is 11.6 Å². The lowest BCUT2D eigenvalue weighted by molar-refractivity contribution is -0.123. The number of carbonyl (C=O) groups is 2. The summed E-state index contributed by atoms with van der Waals surface area (Å²) in [5, 5.41) is 0. The quantitative estimate of drug-likeness (QED) is 0.741. The van der Waals surface area contributed by atoms with Crippen LogP contribution in [-0.4, -0.2) is 40.8 Å². The molecule has 1 rings (SSSR count). The lowest BCUT2D eigenvalue weighted by Gasteiger charge is -2.27. The number of amides is 1.